The van der Waals surface area contributed by atoms with E-state index in [1.165, 1.54) is 0 Å². The summed E-state index contributed by atoms with van der Waals surface area (Å²) in [5.41, 5.74) is -0.539. The van der Waals surface area contributed by atoms with E-state index in [4.69, 9.17) is 4.74 Å². The molecule has 0 aliphatic carbocycles. The van der Waals surface area contributed by atoms with Crippen LogP contribution in [0.2, 0.25) is 0 Å². The molecule has 0 saturated heterocycles. The predicted molar refractivity (Wildman–Crippen MR) is 81.3 cm³/mol. The van der Waals surface area contributed by atoms with E-state index >= 15 is 0 Å². The minimum absolute atomic E-state index is 0.0580. The molecule has 118 valence electrons. The van der Waals surface area contributed by atoms with Crippen molar-refractivity contribution in [2.24, 2.45) is 11.8 Å². The van der Waals surface area contributed by atoms with E-state index in [1.807, 2.05) is 48.5 Å². The molecule has 0 bridgehead atoms. The van der Waals surface area contributed by atoms with E-state index in [0.717, 1.165) is 19.3 Å². The van der Waals surface area contributed by atoms with Crippen molar-refractivity contribution in [3.8, 4) is 0 Å². The van der Waals surface area contributed by atoms with Gasteiger partial charge in [-0.3, -0.25) is 4.79 Å². The molecular weight excluding hydrogens is 254 g/mol. The molecule has 1 unspecified atom stereocenters. The largest absolute Gasteiger partial charge is 0.458 e. The van der Waals surface area contributed by atoms with Crippen molar-refractivity contribution in [2.75, 3.05) is 0 Å². The minimum Gasteiger partial charge on any atom is -0.458 e. The summed E-state index contributed by atoms with van der Waals surface area (Å²) < 4.78 is 5.41. The van der Waals surface area contributed by atoms with Crippen molar-refractivity contribution in [3.63, 3.8) is 0 Å². The molecule has 0 spiro atoms. The van der Waals surface area contributed by atoms with Gasteiger partial charge in [-0.05, 0) is 33.1 Å². The lowest BCUT2D eigenvalue weighted by molar-refractivity contribution is -0.160. The standard InChI is InChI=1S/C16H31NO3/c1-8-10-12(4)14(18)17-13(11(3)9-2)15(19)20-16(5,6)7/h11-13H,8-10H2,1-7H3,(H,17,18)/t11-,12?,13-/m0/s1. The molecule has 0 radical (unpaired) electrons. The first-order valence-electron chi connectivity index (χ1n) is 7.65. The van der Waals surface area contributed by atoms with E-state index in [-0.39, 0.29) is 23.7 Å². The maximum Gasteiger partial charge on any atom is 0.329 e. The van der Waals surface area contributed by atoms with Gasteiger partial charge in [0, 0.05) is 5.92 Å². The van der Waals surface area contributed by atoms with Crippen LogP contribution in [0, 0.1) is 11.8 Å². The van der Waals surface area contributed by atoms with E-state index in [0.29, 0.717) is 0 Å². The fourth-order valence-electron chi connectivity index (χ4n) is 1.89. The Hall–Kier alpha value is -1.06. The lowest BCUT2D eigenvalue weighted by atomic mass is 9.97. The van der Waals surface area contributed by atoms with Gasteiger partial charge in [0.15, 0.2) is 0 Å². The summed E-state index contributed by atoms with van der Waals surface area (Å²) in [5.74, 6) is -0.427. The summed E-state index contributed by atoms with van der Waals surface area (Å²) in [5, 5.41) is 2.86. The lowest BCUT2D eigenvalue weighted by Crippen LogP contribution is -2.49. The van der Waals surface area contributed by atoms with Crippen LogP contribution in [0.4, 0.5) is 0 Å². The van der Waals surface area contributed by atoms with E-state index in [9.17, 15) is 9.59 Å². The number of rotatable bonds is 7. The third-order valence-electron chi connectivity index (χ3n) is 3.34. The fourth-order valence-corrected chi connectivity index (χ4v) is 1.89. The molecule has 1 N–H and O–H groups in total. The molecule has 0 saturated carbocycles. The van der Waals surface area contributed by atoms with Gasteiger partial charge in [0.05, 0.1) is 0 Å². The maximum absolute atomic E-state index is 12.2. The van der Waals surface area contributed by atoms with Crippen molar-refractivity contribution in [2.45, 2.75) is 79.4 Å². The van der Waals surface area contributed by atoms with Crippen molar-refractivity contribution in [1.82, 2.24) is 5.32 Å². The Morgan fingerprint density at radius 3 is 2.10 bits per heavy atom. The van der Waals surface area contributed by atoms with Gasteiger partial charge in [0.1, 0.15) is 11.6 Å². The van der Waals surface area contributed by atoms with Gasteiger partial charge in [0.25, 0.3) is 0 Å². The number of amides is 1. The van der Waals surface area contributed by atoms with Crippen LogP contribution in [0.3, 0.4) is 0 Å². The van der Waals surface area contributed by atoms with Gasteiger partial charge in [0.2, 0.25) is 5.91 Å². The second-order valence-corrected chi connectivity index (χ2v) is 6.59. The highest BCUT2D eigenvalue weighted by Crippen LogP contribution is 2.16. The van der Waals surface area contributed by atoms with Gasteiger partial charge in [-0.1, -0.05) is 40.5 Å². The fraction of sp³-hybridized carbons (Fsp3) is 0.875. The SMILES string of the molecule is CCCC(C)C(=O)N[C@H](C(=O)OC(C)(C)C)[C@@H](C)CC. The molecule has 0 fully saturated rings. The number of carbonyl (C=O) groups excluding carboxylic acids is 2. The van der Waals surface area contributed by atoms with Crippen molar-refractivity contribution in [3.05, 3.63) is 0 Å². The predicted octanol–water partition coefficient (Wildman–Crippen LogP) is 3.30. The van der Waals surface area contributed by atoms with Crippen molar-refractivity contribution < 1.29 is 14.3 Å². The van der Waals surface area contributed by atoms with Crippen molar-refractivity contribution in [1.29, 1.82) is 0 Å². The Balaban J connectivity index is 4.81. The Bertz CT molecular complexity index is 320. The third kappa shape index (κ3) is 6.92. The summed E-state index contributed by atoms with van der Waals surface area (Å²) in [6.07, 6.45) is 2.59. The molecule has 20 heavy (non-hydrogen) atoms. The van der Waals surface area contributed by atoms with Crippen LogP contribution in [0.1, 0.15) is 67.7 Å². The number of hydrogen-bond donors (Lipinski definition) is 1. The van der Waals surface area contributed by atoms with E-state index in [1.54, 1.807) is 0 Å². The number of esters is 1. The number of hydrogen-bond acceptors (Lipinski definition) is 3. The van der Waals surface area contributed by atoms with Crippen LogP contribution in [-0.2, 0) is 14.3 Å². The van der Waals surface area contributed by atoms with Gasteiger partial charge < -0.3 is 10.1 Å². The van der Waals surface area contributed by atoms with E-state index in [2.05, 4.69) is 5.32 Å². The number of ether oxygens (including phenoxy) is 1. The van der Waals surface area contributed by atoms with Gasteiger partial charge in [-0.25, -0.2) is 4.79 Å². The van der Waals surface area contributed by atoms with Gasteiger partial charge in [-0.15, -0.1) is 0 Å². The van der Waals surface area contributed by atoms with Crippen LogP contribution in [-0.4, -0.2) is 23.5 Å². The normalized spacial score (nSPS) is 16.1. The monoisotopic (exact) mass is 285 g/mol. The zero-order chi connectivity index (χ0) is 15.9. The minimum atomic E-state index is -0.564. The highest BCUT2D eigenvalue weighted by molar-refractivity contribution is 5.85. The molecule has 0 aliphatic rings. The molecule has 0 rings (SSSR count). The average Bonchev–Trinajstić information content (AvgIpc) is 2.32. The Morgan fingerprint density at radius 1 is 1.15 bits per heavy atom. The Kier molecular flexibility index (Phi) is 7.84. The molecule has 0 aromatic rings. The van der Waals surface area contributed by atoms with E-state index < -0.39 is 11.6 Å². The second kappa shape index (κ2) is 8.28. The summed E-state index contributed by atoms with van der Waals surface area (Å²) in [7, 11) is 0. The maximum atomic E-state index is 12.2. The molecular formula is C16H31NO3. The van der Waals surface area contributed by atoms with Crippen LogP contribution in [0.25, 0.3) is 0 Å². The molecule has 4 heteroatoms. The summed E-state index contributed by atoms with van der Waals surface area (Å²) in [6, 6.07) is -0.564. The molecule has 0 aromatic carbocycles. The van der Waals surface area contributed by atoms with Crippen LogP contribution in [0.15, 0.2) is 0 Å². The molecule has 0 heterocycles. The Morgan fingerprint density at radius 2 is 1.70 bits per heavy atom. The highest BCUT2D eigenvalue weighted by Gasteiger charge is 2.31. The van der Waals surface area contributed by atoms with Crippen LogP contribution in [0.5, 0.6) is 0 Å². The zero-order valence-electron chi connectivity index (χ0n) is 14.1. The molecule has 1 amide bonds. The van der Waals surface area contributed by atoms with Crippen LogP contribution >= 0.6 is 0 Å². The zero-order valence-corrected chi connectivity index (χ0v) is 14.1. The lowest BCUT2D eigenvalue weighted by Gasteiger charge is -2.28. The highest BCUT2D eigenvalue weighted by atomic mass is 16.6. The molecule has 3 atom stereocenters. The molecule has 4 nitrogen and oxygen atoms in total. The van der Waals surface area contributed by atoms with Crippen molar-refractivity contribution >= 4 is 11.9 Å². The molecule has 0 aromatic heterocycles. The average molecular weight is 285 g/mol. The van der Waals surface area contributed by atoms with Gasteiger partial charge >= 0.3 is 5.97 Å². The topological polar surface area (TPSA) is 55.4 Å². The summed E-state index contributed by atoms with van der Waals surface area (Å²) in [4.78, 5) is 24.4. The number of nitrogens with one attached hydrogen (secondary N) is 1. The smallest absolute Gasteiger partial charge is 0.329 e. The third-order valence-corrected chi connectivity index (χ3v) is 3.34. The molecule has 0 aliphatic heterocycles. The Labute approximate surface area is 123 Å². The first-order chi connectivity index (χ1) is 9.12. The summed E-state index contributed by atoms with van der Waals surface area (Å²) >= 11 is 0. The first-order valence-corrected chi connectivity index (χ1v) is 7.65. The quantitative estimate of drug-likeness (QED) is 0.730. The van der Waals surface area contributed by atoms with Gasteiger partial charge in [-0.2, -0.15) is 0 Å². The first kappa shape index (κ1) is 18.9. The van der Waals surface area contributed by atoms with Crippen LogP contribution < -0.4 is 5.32 Å². The summed E-state index contributed by atoms with van der Waals surface area (Å²) in [6.45, 7) is 13.4. The number of carbonyl (C=O) groups is 2. The second-order valence-electron chi connectivity index (χ2n) is 6.59.